The molecule has 2 atom stereocenters. The Balaban J connectivity index is 0.000000478. The number of nitrogens with two attached hydrogens (primary N) is 1. The lowest BCUT2D eigenvalue weighted by molar-refractivity contribution is -0.107. The predicted molar refractivity (Wildman–Crippen MR) is 122 cm³/mol. The van der Waals surface area contributed by atoms with E-state index >= 15 is 0 Å². The monoisotopic (exact) mass is 409 g/mol. The van der Waals surface area contributed by atoms with Crippen molar-refractivity contribution in [1.29, 1.82) is 0 Å². The fourth-order valence-electron chi connectivity index (χ4n) is 3.18. The van der Waals surface area contributed by atoms with Crippen LogP contribution in [-0.2, 0) is 9.59 Å². The number of unbranched alkanes of at least 4 members (excludes halogenated alkanes) is 3. The van der Waals surface area contributed by atoms with Crippen molar-refractivity contribution in [1.82, 2.24) is 10.2 Å². The van der Waals surface area contributed by atoms with Crippen LogP contribution in [0, 0.1) is 0 Å². The Labute approximate surface area is 175 Å². The summed E-state index contributed by atoms with van der Waals surface area (Å²) in [6.45, 7) is 5.24. The number of carbonyl (C=O) groups is 2. The number of rotatable bonds is 11. The van der Waals surface area contributed by atoms with Crippen molar-refractivity contribution < 1.29 is 9.59 Å². The van der Waals surface area contributed by atoms with Gasteiger partial charge in [0.05, 0.1) is 0 Å². The van der Waals surface area contributed by atoms with Gasteiger partial charge in [-0.2, -0.15) is 11.8 Å². The van der Waals surface area contributed by atoms with Crippen LogP contribution in [0.25, 0.3) is 0 Å². The van der Waals surface area contributed by atoms with E-state index in [4.69, 9.17) is 10.5 Å². The topological polar surface area (TPSA) is 75.4 Å². The summed E-state index contributed by atoms with van der Waals surface area (Å²) in [6, 6.07) is 10.9. The molecule has 0 aliphatic carbocycles. The van der Waals surface area contributed by atoms with Crippen molar-refractivity contribution in [2.75, 3.05) is 45.2 Å². The Morgan fingerprint density at radius 2 is 1.82 bits per heavy atom. The fourth-order valence-corrected chi connectivity index (χ4v) is 4.05. The number of thioether (sulfide) groups is 1. The van der Waals surface area contributed by atoms with E-state index in [9.17, 15) is 4.79 Å². The number of hydrogen-bond donors (Lipinski definition) is 2. The van der Waals surface area contributed by atoms with Gasteiger partial charge in [-0.15, -0.1) is 0 Å². The maximum absolute atomic E-state index is 9.99. The second-order valence-electron chi connectivity index (χ2n) is 6.99. The maximum atomic E-state index is 9.99. The average molecular weight is 410 g/mol. The first kappa shape index (κ1) is 26.8. The number of benzene rings is 1. The molecule has 0 amide bonds. The van der Waals surface area contributed by atoms with E-state index in [2.05, 4.69) is 41.5 Å². The summed E-state index contributed by atoms with van der Waals surface area (Å²) in [7, 11) is 4.12. The van der Waals surface area contributed by atoms with Crippen molar-refractivity contribution in [3.8, 4) is 0 Å². The predicted octanol–water partition coefficient (Wildman–Crippen LogP) is 2.95. The van der Waals surface area contributed by atoms with E-state index in [0.717, 1.165) is 31.7 Å². The fraction of sp³-hybridized carbons (Fsp3) is 0.636. The molecular weight excluding hydrogens is 370 g/mol. The number of nitrogens with one attached hydrogen (secondary N) is 1. The highest BCUT2D eigenvalue weighted by molar-refractivity contribution is 7.99. The Hall–Kier alpha value is -1.21. The lowest BCUT2D eigenvalue weighted by atomic mass is 9.95. The van der Waals surface area contributed by atoms with Gasteiger partial charge in [-0.05, 0) is 50.6 Å². The third-order valence-corrected chi connectivity index (χ3v) is 5.72. The smallest absolute Gasteiger partial charge is 0.120 e. The van der Waals surface area contributed by atoms with Crippen molar-refractivity contribution in [2.45, 2.75) is 44.1 Å². The summed E-state index contributed by atoms with van der Waals surface area (Å²) >= 11 is 1.89. The Kier molecular flexibility index (Phi) is 18.3. The van der Waals surface area contributed by atoms with Gasteiger partial charge in [-0.3, -0.25) is 0 Å². The summed E-state index contributed by atoms with van der Waals surface area (Å²) in [4.78, 5) is 20.3. The molecule has 5 nitrogen and oxygen atoms in total. The first-order valence-corrected chi connectivity index (χ1v) is 11.3. The second-order valence-corrected chi connectivity index (χ2v) is 8.21. The summed E-state index contributed by atoms with van der Waals surface area (Å²) in [5.41, 5.74) is 7.43. The van der Waals surface area contributed by atoms with Crippen molar-refractivity contribution in [3.63, 3.8) is 0 Å². The van der Waals surface area contributed by atoms with Gasteiger partial charge in [0, 0.05) is 31.5 Å². The minimum Gasteiger partial charge on any atom is -0.326 e. The van der Waals surface area contributed by atoms with Crippen molar-refractivity contribution >= 4 is 24.8 Å². The minimum absolute atomic E-state index is 0.299. The molecule has 6 heteroatoms. The molecule has 0 spiro atoms. The van der Waals surface area contributed by atoms with Crippen LogP contribution in [0.15, 0.2) is 30.3 Å². The molecule has 1 aromatic rings. The standard InChI is InChI=1S/C11H16N2.C10H21NOS.CH2O/c1-13-7-10(11(12)8-13)9-5-3-2-4-6-9;1-11-7-4-2-3-5-9-13-10-6-8-12;1-2/h2-6,10-11H,7-8,12H2,1H3;8,11H,2-7,9-10H2,1H3;1H2/t10?,11-;;/m1../s1. The van der Waals surface area contributed by atoms with E-state index in [1.165, 1.54) is 37.0 Å². The molecule has 1 saturated heterocycles. The third-order valence-electron chi connectivity index (χ3n) is 4.62. The number of carbonyl (C=O) groups excluding carboxylic acids is 2. The first-order valence-electron chi connectivity index (χ1n) is 10.1. The van der Waals surface area contributed by atoms with E-state index in [0.29, 0.717) is 18.4 Å². The molecule has 2 rings (SSSR count). The van der Waals surface area contributed by atoms with Gasteiger partial charge in [-0.1, -0.05) is 43.2 Å². The van der Waals surface area contributed by atoms with Gasteiger partial charge in [-0.25, -0.2) is 0 Å². The van der Waals surface area contributed by atoms with E-state index in [1.54, 1.807) is 0 Å². The summed E-state index contributed by atoms with van der Waals surface area (Å²) < 4.78 is 0. The Morgan fingerprint density at radius 3 is 2.39 bits per heavy atom. The molecule has 0 bridgehead atoms. The molecule has 0 saturated carbocycles. The largest absolute Gasteiger partial charge is 0.326 e. The second kappa shape index (κ2) is 19.1. The first-order chi connectivity index (χ1) is 13.7. The molecule has 1 aliphatic heterocycles. The van der Waals surface area contributed by atoms with Crippen LogP contribution in [0.5, 0.6) is 0 Å². The molecule has 0 aromatic heterocycles. The Morgan fingerprint density at radius 1 is 1.14 bits per heavy atom. The van der Waals surface area contributed by atoms with Gasteiger partial charge in [0.15, 0.2) is 0 Å². The van der Waals surface area contributed by atoms with Crippen LogP contribution >= 0.6 is 11.8 Å². The van der Waals surface area contributed by atoms with Gasteiger partial charge < -0.3 is 25.5 Å². The number of likely N-dealkylation sites (N-methyl/N-ethyl adjacent to an activating group) is 1. The van der Waals surface area contributed by atoms with E-state index in [1.807, 2.05) is 31.7 Å². The summed E-state index contributed by atoms with van der Waals surface area (Å²) in [6.07, 6.45) is 6.96. The van der Waals surface area contributed by atoms with E-state index in [-0.39, 0.29) is 0 Å². The van der Waals surface area contributed by atoms with Crippen LogP contribution in [0.1, 0.15) is 43.6 Å². The lowest BCUT2D eigenvalue weighted by Gasteiger charge is -2.13. The highest BCUT2D eigenvalue weighted by Gasteiger charge is 2.28. The number of nitrogens with zero attached hydrogens (tertiary/aromatic N) is 1. The molecule has 1 aromatic carbocycles. The normalized spacial score (nSPS) is 18.5. The molecule has 28 heavy (non-hydrogen) atoms. The van der Waals surface area contributed by atoms with Crippen LogP contribution in [-0.4, -0.2) is 69.3 Å². The summed E-state index contributed by atoms with van der Waals surface area (Å²) in [5.74, 6) is 2.74. The van der Waals surface area contributed by atoms with Crippen LogP contribution < -0.4 is 11.1 Å². The molecular formula is C22H39N3O2S. The van der Waals surface area contributed by atoms with Gasteiger partial charge in [0.2, 0.25) is 0 Å². The zero-order valence-corrected chi connectivity index (χ0v) is 18.5. The quantitative estimate of drug-likeness (QED) is 0.432. The molecule has 1 heterocycles. The van der Waals surface area contributed by atoms with Crippen LogP contribution in [0.3, 0.4) is 0 Å². The molecule has 0 radical (unpaired) electrons. The van der Waals surface area contributed by atoms with Gasteiger partial charge in [0.1, 0.15) is 13.1 Å². The minimum atomic E-state index is 0.299. The molecule has 160 valence electrons. The highest BCUT2D eigenvalue weighted by atomic mass is 32.2. The Bertz CT molecular complexity index is 476. The zero-order chi connectivity index (χ0) is 21.0. The number of aldehydes is 1. The van der Waals surface area contributed by atoms with E-state index < -0.39 is 0 Å². The van der Waals surface area contributed by atoms with Crippen LogP contribution in [0.2, 0.25) is 0 Å². The highest BCUT2D eigenvalue weighted by Crippen LogP contribution is 2.24. The van der Waals surface area contributed by atoms with Crippen molar-refractivity contribution in [2.24, 2.45) is 5.73 Å². The molecule has 1 unspecified atom stereocenters. The summed E-state index contributed by atoms with van der Waals surface area (Å²) in [5, 5.41) is 3.14. The lowest BCUT2D eigenvalue weighted by Crippen LogP contribution is -2.27. The molecule has 1 fully saturated rings. The SMILES string of the molecule is C=O.CN1CC(c2ccccc2)[C@H](N)C1.CNCCCCCCSCCC=O. The maximum Gasteiger partial charge on any atom is 0.120 e. The average Bonchev–Trinajstić information content (AvgIpc) is 3.07. The number of likely N-dealkylation sites (tertiary alicyclic amines) is 1. The van der Waals surface area contributed by atoms with Gasteiger partial charge >= 0.3 is 0 Å². The van der Waals surface area contributed by atoms with Crippen LogP contribution in [0.4, 0.5) is 0 Å². The van der Waals surface area contributed by atoms with Gasteiger partial charge in [0.25, 0.3) is 0 Å². The zero-order valence-electron chi connectivity index (χ0n) is 17.6. The molecule has 1 aliphatic rings. The van der Waals surface area contributed by atoms with Crippen molar-refractivity contribution in [3.05, 3.63) is 35.9 Å². The number of hydrogen-bond acceptors (Lipinski definition) is 6. The molecule has 3 N–H and O–H groups in total. The third kappa shape index (κ3) is 13.0.